The van der Waals surface area contributed by atoms with Crippen molar-refractivity contribution in [3.05, 3.63) is 23.3 Å². The van der Waals surface area contributed by atoms with Gasteiger partial charge >= 0.3 is 0 Å². The van der Waals surface area contributed by atoms with Gasteiger partial charge in [-0.25, -0.2) is 0 Å². The average molecular weight is 167 g/mol. The summed E-state index contributed by atoms with van der Waals surface area (Å²) in [5, 5.41) is 2.53. The summed E-state index contributed by atoms with van der Waals surface area (Å²) in [6.45, 7) is 6.19. The average Bonchev–Trinajstić information content (AvgIpc) is 2.11. The topological polar surface area (TPSA) is 29.1 Å². The van der Waals surface area contributed by atoms with E-state index in [0.717, 1.165) is 6.42 Å². The second kappa shape index (κ2) is 5.58. The third-order valence-corrected chi connectivity index (χ3v) is 1.93. The number of hydrogen-bond acceptors (Lipinski definition) is 1. The Kier molecular flexibility index (Phi) is 5.09. The van der Waals surface area contributed by atoms with E-state index in [9.17, 15) is 4.79 Å². The van der Waals surface area contributed by atoms with E-state index in [-0.39, 0.29) is 5.91 Å². The molecule has 68 valence electrons. The van der Waals surface area contributed by atoms with Gasteiger partial charge in [0.2, 0.25) is 5.91 Å². The molecule has 0 aromatic heterocycles. The van der Waals surface area contributed by atoms with E-state index in [1.54, 1.807) is 13.1 Å². The zero-order valence-corrected chi connectivity index (χ0v) is 8.27. The number of amides is 1. The van der Waals surface area contributed by atoms with Crippen molar-refractivity contribution < 1.29 is 4.79 Å². The van der Waals surface area contributed by atoms with Gasteiger partial charge in [0.15, 0.2) is 0 Å². The van der Waals surface area contributed by atoms with Crippen LogP contribution in [0.2, 0.25) is 0 Å². The van der Waals surface area contributed by atoms with Gasteiger partial charge in [0.1, 0.15) is 0 Å². The smallest absolute Gasteiger partial charge is 0.243 e. The summed E-state index contributed by atoms with van der Waals surface area (Å²) in [5.41, 5.74) is 2.48. The van der Waals surface area contributed by atoms with Gasteiger partial charge in [0, 0.05) is 13.1 Å². The van der Waals surface area contributed by atoms with Gasteiger partial charge in [0.25, 0.3) is 0 Å². The first-order chi connectivity index (χ1) is 5.61. The van der Waals surface area contributed by atoms with Crippen LogP contribution in [-0.2, 0) is 4.79 Å². The second-order valence-electron chi connectivity index (χ2n) is 2.76. The maximum Gasteiger partial charge on any atom is 0.243 e. The van der Waals surface area contributed by atoms with E-state index in [0.29, 0.717) is 0 Å². The molecule has 0 atom stereocenters. The van der Waals surface area contributed by atoms with Gasteiger partial charge in [-0.05, 0) is 20.3 Å². The lowest BCUT2D eigenvalue weighted by atomic mass is 10.1. The summed E-state index contributed by atoms with van der Waals surface area (Å²) in [6, 6.07) is 0. The number of rotatable bonds is 3. The van der Waals surface area contributed by atoms with Crippen LogP contribution < -0.4 is 5.32 Å². The molecule has 1 N–H and O–H groups in total. The lowest BCUT2D eigenvalue weighted by molar-refractivity contribution is -0.116. The first kappa shape index (κ1) is 11.0. The molecule has 0 aliphatic rings. The Morgan fingerprint density at radius 3 is 2.33 bits per heavy atom. The van der Waals surface area contributed by atoms with Gasteiger partial charge in [-0.3, -0.25) is 4.79 Å². The maximum atomic E-state index is 10.8. The Morgan fingerprint density at radius 1 is 1.33 bits per heavy atom. The minimum Gasteiger partial charge on any atom is -0.356 e. The van der Waals surface area contributed by atoms with Crippen LogP contribution in [0.5, 0.6) is 0 Å². The molecule has 1 amide bonds. The molecule has 0 bridgehead atoms. The van der Waals surface area contributed by atoms with Gasteiger partial charge < -0.3 is 5.32 Å². The van der Waals surface area contributed by atoms with Crippen LogP contribution in [0.3, 0.4) is 0 Å². The largest absolute Gasteiger partial charge is 0.356 e. The molecule has 0 saturated carbocycles. The number of hydrogen-bond donors (Lipinski definition) is 1. The van der Waals surface area contributed by atoms with Gasteiger partial charge in [-0.15, -0.1) is 0 Å². The van der Waals surface area contributed by atoms with Crippen LogP contribution in [-0.4, -0.2) is 13.0 Å². The number of nitrogens with one attached hydrogen (secondary N) is 1. The highest BCUT2D eigenvalue weighted by atomic mass is 16.1. The van der Waals surface area contributed by atoms with E-state index in [2.05, 4.69) is 19.2 Å². The molecule has 12 heavy (non-hydrogen) atoms. The van der Waals surface area contributed by atoms with Crippen LogP contribution in [0.4, 0.5) is 0 Å². The molecular weight excluding hydrogens is 150 g/mol. The van der Waals surface area contributed by atoms with Crippen molar-refractivity contribution in [3.8, 4) is 0 Å². The molecule has 0 unspecified atom stereocenters. The highest BCUT2D eigenvalue weighted by Crippen LogP contribution is 2.07. The molecule has 2 nitrogen and oxygen atoms in total. The van der Waals surface area contributed by atoms with Crippen molar-refractivity contribution in [1.82, 2.24) is 5.32 Å². The van der Waals surface area contributed by atoms with Crippen molar-refractivity contribution in [3.63, 3.8) is 0 Å². The number of carbonyl (C=O) groups is 1. The Balaban J connectivity index is 4.25. The Labute approximate surface area is 74.4 Å². The molecule has 0 saturated heterocycles. The van der Waals surface area contributed by atoms with E-state index < -0.39 is 0 Å². The molecule has 0 aliphatic carbocycles. The van der Waals surface area contributed by atoms with Crippen LogP contribution in [0, 0.1) is 0 Å². The minimum absolute atomic E-state index is 0.0572. The summed E-state index contributed by atoms with van der Waals surface area (Å²) >= 11 is 0. The zero-order valence-electron chi connectivity index (χ0n) is 8.27. The molecule has 2 heteroatoms. The van der Waals surface area contributed by atoms with Crippen molar-refractivity contribution in [2.45, 2.75) is 27.2 Å². The lowest BCUT2D eigenvalue weighted by Gasteiger charge is -1.98. The fourth-order valence-electron chi connectivity index (χ4n) is 0.705. The molecule has 0 fully saturated rings. The fraction of sp³-hybridized carbons (Fsp3) is 0.500. The summed E-state index contributed by atoms with van der Waals surface area (Å²) < 4.78 is 0. The third-order valence-electron chi connectivity index (χ3n) is 1.93. The first-order valence-electron chi connectivity index (χ1n) is 4.18. The fourth-order valence-corrected chi connectivity index (χ4v) is 0.705. The molecule has 0 heterocycles. The molecule has 0 radical (unpaired) electrons. The summed E-state index contributed by atoms with van der Waals surface area (Å²) in [5.74, 6) is -0.0572. The highest BCUT2D eigenvalue weighted by molar-refractivity contribution is 5.87. The van der Waals surface area contributed by atoms with E-state index >= 15 is 0 Å². The first-order valence-corrected chi connectivity index (χ1v) is 4.18. The Hall–Kier alpha value is -1.05. The predicted molar refractivity (Wildman–Crippen MR) is 51.9 cm³/mol. The third kappa shape index (κ3) is 3.96. The minimum atomic E-state index is -0.0572. The highest BCUT2D eigenvalue weighted by Gasteiger charge is 1.91. The SMILES string of the molecule is CC/C(C)=C(C)/C=C\C(=O)NC. The summed E-state index contributed by atoms with van der Waals surface area (Å²) in [4.78, 5) is 10.8. The van der Waals surface area contributed by atoms with Crippen LogP contribution >= 0.6 is 0 Å². The Morgan fingerprint density at radius 2 is 1.92 bits per heavy atom. The number of carbonyl (C=O) groups excluding carboxylic acids is 1. The molecule has 0 aromatic rings. The maximum absolute atomic E-state index is 10.8. The molecular formula is C10H17NO. The van der Waals surface area contributed by atoms with E-state index in [4.69, 9.17) is 0 Å². The number of likely N-dealkylation sites (N-methyl/N-ethyl adjacent to an activating group) is 1. The summed E-state index contributed by atoms with van der Waals surface area (Å²) in [7, 11) is 1.62. The molecule has 0 aliphatic heterocycles. The standard InChI is InChI=1S/C10H17NO/c1-5-8(2)9(3)6-7-10(12)11-4/h6-7H,5H2,1-4H3,(H,11,12)/b7-6-,9-8+. The zero-order chi connectivity index (χ0) is 9.56. The molecule has 0 aromatic carbocycles. The quantitative estimate of drug-likeness (QED) is 0.506. The van der Waals surface area contributed by atoms with Crippen LogP contribution in [0.25, 0.3) is 0 Å². The van der Waals surface area contributed by atoms with Crippen molar-refractivity contribution >= 4 is 5.91 Å². The predicted octanol–water partition coefficient (Wildman–Crippen LogP) is 2.04. The van der Waals surface area contributed by atoms with Crippen molar-refractivity contribution in [1.29, 1.82) is 0 Å². The monoisotopic (exact) mass is 167 g/mol. The normalized spacial score (nSPS) is 13.0. The van der Waals surface area contributed by atoms with E-state index in [1.165, 1.54) is 11.1 Å². The second-order valence-corrected chi connectivity index (χ2v) is 2.76. The van der Waals surface area contributed by atoms with Crippen molar-refractivity contribution in [2.75, 3.05) is 7.05 Å². The van der Waals surface area contributed by atoms with Crippen molar-refractivity contribution in [2.24, 2.45) is 0 Å². The van der Waals surface area contributed by atoms with Gasteiger partial charge in [-0.1, -0.05) is 24.1 Å². The number of allylic oxidation sites excluding steroid dienone is 3. The van der Waals surface area contributed by atoms with Gasteiger partial charge in [0.05, 0.1) is 0 Å². The van der Waals surface area contributed by atoms with Crippen LogP contribution in [0.15, 0.2) is 23.3 Å². The van der Waals surface area contributed by atoms with Gasteiger partial charge in [-0.2, -0.15) is 0 Å². The Bertz CT molecular complexity index is 214. The van der Waals surface area contributed by atoms with E-state index in [1.807, 2.05) is 13.0 Å². The molecule has 0 rings (SSSR count). The summed E-state index contributed by atoms with van der Waals surface area (Å²) in [6.07, 6.45) is 4.43. The lowest BCUT2D eigenvalue weighted by Crippen LogP contribution is -2.13. The van der Waals surface area contributed by atoms with Crippen LogP contribution in [0.1, 0.15) is 27.2 Å². The molecule has 0 spiro atoms.